The summed E-state index contributed by atoms with van der Waals surface area (Å²) in [7, 11) is -4.97. The number of halogens is 4. The number of rotatable bonds is 2. The predicted octanol–water partition coefficient (Wildman–Crippen LogP) is 0.302. The Morgan fingerprint density at radius 3 is 1.73 bits per heavy atom. The standard InChI is InChI=1S/C3H6F3NO2S.ClH/c4-3(5,6)10(8,9)2-1-7;/h1-2,7H2;1H. The maximum absolute atomic E-state index is 11.4. The van der Waals surface area contributed by atoms with Gasteiger partial charge in [-0.15, -0.1) is 12.4 Å². The summed E-state index contributed by atoms with van der Waals surface area (Å²) < 4.78 is 54.2. The van der Waals surface area contributed by atoms with Crippen molar-refractivity contribution >= 4 is 22.2 Å². The Balaban J connectivity index is 0. The van der Waals surface area contributed by atoms with Crippen molar-refractivity contribution in [3.05, 3.63) is 0 Å². The number of alkyl halides is 3. The third-order valence-electron chi connectivity index (χ3n) is 0.739. The molecule has 0 fully saturated rings. The van der Waals surface area contributed by atoms with Crippen molar-refractivity contribution in [2.45, 2.75) is 5.51 Å². The quantitative estimate of drug-likeness (QED) is 0.718. The monoisotopic (exact) mass is 213 g/mol. The van der Waals surface area contributed by atoms with Crippen molar-refractivity contribution in [1.29, 1.82) is 0 Å². The van der Waals surface area contributed by atoms with Gasteiger partial charge >= 0.3 is 5.51 Å². The van der Waals surface area contributed by atoms with Gasteiger partial charge in [-0.05, 0) is 0 Å². The molecule has 0 heterocycles. The van der Waals surface area contributed by atoms with Crippen LogP contribution in [0.5, 0.6) is 0 Å². The van der Waals surface area contributed by atoms with Gasteiger partial charge in [-0.1, -0.05) is 0 Å². The van der Waals surface area contributed by atoms with E-state index in [9.17, 15) is 21.6 Å². The minimum absolute atomic E-state index is 0. The van der Waals surface area contributed by atoms with Gasteiger partial charge in [-0.3, -0.25) is 0 Å². The van der Waals surface area contributed by atoms with Gasteiger partial charge in [-0.2, -0.15) is 13.2 Å². The van der Waals surface area contributed by atoms with Crippen molar-refractivity contribution in [3.63, 3.8) is 0 Å². The highest BCUT2D eigenvalue weighted by Gasteiger charge is 2.44. The lowest BCUT2D eigenvalue weighted by molar-refractivity contribution is -0.0434. The van der Waals surface area contributed by atoms with Crippen molar-refractivity contribution in [2.24, 2.45) is 5.73 Å². The molecule has 0 aliphatic carbocycles. The summed E-state index contributed by atoms with van der Waals surface area (Å²) in [6.45, 7) is -0.512. The first kappa shape index (κ1) is 13.6. The largest absolute Gasteiger partial charge is 0.497 e. The first-order valence-corrected chi connectivity index (χ1v) is 3.95. The van der Waals surface area contributed by atoms with Gasteiger partial charge < -0.3 is 5.73 Å². The van der Waals surface area contributed by atoms with Crippen LogP contribution in [0.4, 0.5) is 13.2 Å². The van der Waals surface area contributed by atoms with E-state index in [0.29, 0.717) is 0 Å². The van der Waals surface area contributed by atoms with Crippen LogP contribution in [0, 0.1) is 0 Å². The van der Waals surface area contributed by atoms with Crippen LogP contribution >= 0.6 is 12.4 Å². The lowest BCUT2D eigenvalue weighted by Crippen LogP contribution is -2.29. The summed E-state index contributed by atoms with van der Waals surface area (Å²) in [4.78, 5) is 0. The second kappa shape index (κ2) is 4.13. The van der Waals surface area contributed by atoms with Gasteiger partial charge in [-0.25, -0.2) is 8.42 Å². The molecule has 3 nitrogen and oxygen atoms in total. The Hall–Kier alpha value is -0.0100. The van der Waals surface area contributed by atoms with Crippen LogP contribution in [0.2, 0.25) is 0 Å². The van der Waals surface area contributed by atoms with Crippen molar-refractivity contribution in [2.75, 3.05) is 12.3 Å². The Morgan fingerprint density at radius 1 is 1.27 bits per heavy atom. The van der Waals surface area contributed by atoms with Gasteiger partial charge in [0.25, 0.3) is 0 Å². The van der Waals surface area contributed by atoms with E-state index in [-0.39, 0.29) is 12.4 Å². The molecule has 0 saturated heterocycles. The summed E-state index contributed by atoms with van der Waals surface area (Å²) in [6, 6.07) is 0. The zero-order valence-electron chi connectivity index (χ0n) is 5.26. The van der Waals surface area contributed by atoms with Gasteiger partial charge in [0.1, 0.15) is 0 Å². The molecule has 0 radical (unpaired) electrons. The summed E-state index contributed by atoms with van der Waals surface area (Å²) in [5, 5.41) is 0. The van der Waals surface area contributed by atoms with E-state index in [2.05, 4.69) is 5.73 Å². The minimum atomic E-state index is -5.16. The number of nitrogens with two attached hydrogens (primary N) is 1. The van der Waals surface area contributed by atoms with Crippen LogP contribution in [-0.4, -0.2) is 26.2 Å². The molecule has 0 aromatic carbocycles. The van der Waals surface area contributed by atoms with Crippen LogP contribution in [0.25, 0.3) is 0 Å². The zero-order valence-corrected chi connectivity index (χ0v) is 6.89. The molecule has 0 aromatic rings. The normalized spacial score (nSPS) is 12.4. The highest BCUT2D eigenvalue weighted by atomic mass is 35.5. The molecule has 70 valence electrons. The highest BCUT2D eigenvalue weighted by Crippen LogP contribution is 2.22. The van der Waals surface area contributed by atoms with Crippen molar-refractivity contribution in [3.8, 4) is 0 Å². The van der Waals surface area contributed by atoms with Crippen LogP contribution in [-0.2, 0) is 9.84 Å². The lowest BCUT2D eigenvalue weighted by Gasteiger charge is -2.04. The molecule has 0 aromatic heterocycles. The van der Waals surface area contributed by atoms with E-state index >= 15 is 0 Å². The predicted molar refractivity (Wildman–Crippen MR) is 36.1 cm³/mol. The highest BCUT2D eigenvalue weighted by molar-refractivity contribution is 7.92. The van der Waals surface area contributed by atoms with Crippen LogP contribution in [0.3, 0.4) is 0 Å². The smallest absolute Gasteiger partial charge is 0.329 e. The number of hydrogen-bond acceptors (Lipinski definition) is 3. The van der Waals surface area contributed by atoms with Gasteiger partial charge in [0.05, 0.1) is 5.75 Å². The molecule has 0 amide bonds. The Bertz CT molecular complexity index is 199. The summed E-state index contributed by atoms with van der Waals surface area (Å²) in [5.41, 5.74) is -0.528. The Labute approximate surface area is 68.1 Å². The summed E-state index contributed by atoms with van der Waals surface area (Å²) >= 11 is 0. The van der Waals surface area contributed by atoms with Crippen molar-refractivity contribution in [1.82, 2.24) is 0 Å². The number of sulfone groups is 1. The Kier molecular flexibility index (Phi) is 5.09. The first-order chi connectivity index (χ1) is 4.31. The average Bonchev–Trinajstić information content (AvgIpc) is 1.61. The third kappa shape index (κ3) is 3.78. The SMILES string of the molecule is Cl.NCCS(=O)(=O)C(F)(F)F. The van der Waals surface area contributed by atoms with Gasteiger partial charge in [0.2, 0.25) is 9.84 Å². The van der Waals surface area contributed by atoms with Crippen LogP contribution < -0.4 is 5.73 Å². The maximum atomic E-state index is 11.4. The molecule has 0 atom stereocenters. The van der Waals surface area contributed by atoms with Crippen molar-refractivity contribution < 1.29 is 21.6 Å². The topological polar surface area (TPSA) is 60.2 Å². The van der Waals surface area contributed by atoms with E-state index in [1.807, 2.05) is 0 Å². The summed E-state index contributed by atoms with van der Waals surface area (Å²) in [5.74, 6) is -1.05. The van der Waals surface area contributed by atoms with Gasteiger partial charge in [0, 0.05) is 6.54 Å². The molecule has 2 N–H and O–H groups in total. The fourth-order valence-electron chi connectivity index (χ4n) is 0.271. The second-order valence-electron chi connectivity index (χ2n) is 1.55. The molecule has 0 aliphatic heterocycles. The van der Waals surface area contributed by atoms with E-state index in [0.717, 1.165) is 0 Å². The average molecular weight is 214 g/mol. The third-order valence-corrected chi connectivity index (χ3v) is 2.22. The lowest BCUT2D eigenvalue weighted by atomic mass is 10.8. The van der Waals surface area contributed by atoms with E-state index in [4.69, 9.17) is 0 Å². The molecule has 0 rings (SSSR count). The second-order valence-corrected chi connectivity index (χ2v) is 3.65. The molecule has 0 unspecified atom stereocenters. The molecule has 0 bridgehead atoms. The summed E-state index contributed by atoms with van der Waals surface area (Å²) in [6.07, 6.45) is 0. The zero-order chi connectivity index (χ0) is 8.41. The van der Waals surface area contributed by atoms with E-state index in [1.165, 1.54) is 0 Å². The molecule has 8 heteroatoms. The molecule has 0 saturated carbocycles. The first-order valence-electron chi connectivity index (χ1n) is 2.30. The molecule has 0 aliphatic rings. The Morgan fingerprint density at radius 2 is 1.64 bits per heavy atom. The van der Waals surface area contributed by atoms with Gasteiger partial charge in [0.15, 0.2) is 0 Å². The fourth-order valence-corrected chi connectivity index (χ4v) is 0.813. The number of hydrogen-bond donors (Lipinski definition) is 1. The minimum Gasteiger partial charge on any atom is -0.329 e. The fraction of sp³-hybridized carbons (Fsp3) is 1.00. The molecule has 0 spiro atoms. The molecular formula is C3H7ClF3NO2S. The van der Waals surface area contributed by atoms with Crippen LogP contribution in [0.1, 0.15) is 0 Å². The van der Waals surface area contributed by atoms with E-state index in [1.54, 1.807) is 0 Å². The molecular weight excluding hydrogens is 207 g/mol. The molecule has 11 heavy (non-hydrogen) atoms. The van der Waals surface area contributed by atoms with Crippen LogP contribution in [0.15, 0.2) is 0 Å². The maximum Gasteiger partial charge on any atom is 0.497 e. The van der Waals surface area contributed by atoms with E-state index < -0.39 is 27.6 Å².